The van der Waals surface area contributed by atoms with Crippen molar-refractivity contribution in [1.82, 2.24) is 0 Å². The molecular formula is C9H12O3. The smallest absolute Gasteiger partial charge is 0.181 e. The summed E-state index contributed by atoms with van der Waals surface area (Å²) in [6, 6.07) is 0. The number of ketones is 1. The first-order valence-corrected chi connectivity index (χ1v) is 3.47. The summed E-state index contributed by atoms with van der Waals surface area (Å²) >= 11 is 0. The van der Waals surface area contributed by atoms with Gasteiger partial charge < -0.3 is 10.2 Å². The van der Waals surface area contributed by atoms with Gasteiger partial charge in [-0.05, 0) is 25.5 Å². The number of hydrogen-bond donors (Lipinski definition) is 2. The molecule has 0 aliphatic rings. The molecule has 0 unspecified atom stereocenters. The van der Waals surface area contributed by atoms with E-state index in [0.717, 1.165) is 6.08 Å². The van der Waals surface area contributed by atoms with Gasteiger partial charge >= 0.3 is 0 Å². The summed E-state index contributed by atoms with van der Waals surface area (Å²) in [7, 11) is 0. The second kappa shape index (κ2) is 5.18. The topological polar surface area (TPSA) is 57.5 Å². The molecule has 0 aliphatic heterocycles. The molecule has 0 heterocycles. The van der Waals surface area contributed by atoms with E-state index in [1.165, 1.54) is 19.1 Å². The predicted molar refractivity (Wildman–Crippen MR) is 46.9 cm³/mol. The average molecular weight is 168 g/mol. The second-order valence-electron chi connectivity index (χ2n) is 2.32. The zero-order chi connectivity index (χ0) is 9.56. The molecule has 0 aromatic heterocycles. The van der Waals surface area contributed by atoms with Crippen LogP contribution in [0.2, 0.25) is 0 Å². The van der Waals surface area contributed by atoms with Gasteiger partial charge in [-0.25, -0.2) is 0 Å². The first-order valence-electron chi connectivity index (χ1n) is 3.47. The maximum absolute atomic E-state index is 10.7. The van der Waals surface area contributed by atoms with E-state index in [9.17, 15) is 4.79 Å². The highest BCUT2D eigenvalue weighted by Gasteiger charge is 1.90. The van der Waals surface area contributed by atoms with Crippen molar-refractivity contribution in [2.45, 2.75) is 13.8 Å². The highest BCUT2D eigenvalue weighted by atomic mass is 16.3. The van der Waals surface area contributed by atoms with Crippen molar-refractivity contribution < 1.29 is 15.0 Å². The molecule has 0 spiro atoms. The van der Waals surface area contributed by atoms with Gasteiger partial charge in [-0.15, -0.1) is 0 Å². The summed E-state index contributed by atoms with van der Waals surface area (Å²) in [5.41, 5.74) is 0.620. The quantitative estimate of drug-likeness (QED) is 0.385. The number of allylic oxidation sites excluding steroid dienone is 5. The standard InChI is InChI=1S/C9H12O3/c1-7(8(2)11)3-4-9(12)5-6-10/h3-6,10-11H,1-2H3/b4-3?,6-5+,8-7?. The lowest BCUT2D eigenvalue weighted by Crippen LogP contribution is -1.85. The minimum absolute atomic E-state index is 0.173. The van der Waals surface area contributed by atoms with E-state index in [2.05, 4.69) is 0 Å². The Bertz CT molecular complexity index is 242. The molecule has 0 saturated carbocycles. The van der Waals surface area contributed by atoms with Crippen molar-refractivity contribution in [3.63, 3.8) is 0 Å². The Morgan fingerprint density at radius 2 is 1.75 bits per heavy atom. The molecule has 12 heavy (non-hydrogen) atoms. The van der Waals surface area contributed by atoms with Gasteiger partial charge in [0, 0.05) is 6.08 Å². The highest BCUT2D eigenvalue weighted by molar-refractivity contribution is 5.99. The highest BCUT2D eigenvalue weighted by Crippen LogP contribution is 2.00. The van der Waals surface area contributed by atoms with Gasteiger partial charge in [0.25, 0.3) is 0 Å². The van der Waals surface area contributed by atoms with Crippen LogP contribution in [0.1, 0.15) is 13.8 Å². The number of carbonyl (C=O) groups is 1. The minimum atomic E-state index is -0.321. The third-order valence-corrected chi connectivity index (χ3v) is 1.31. The molecule has 0 bridgehead atoms. The Hall–Kier alpha value is -1.51. The maximum atomic E-state index is 10.7. The number of aliphatic hydroxyl groups excluding tert-OH is 2. The van der Waals surface area contributed by atoms with E-state index in [0.29, 0.717) is 11.8 Å². The van der Waals surface area contributed by atoms with Crippen LogP contribution >= 0.6 is 0 Å². The maximum Gasteiger partial charge on any atom is 0.181 e. The molecule has 0 aromatic rings. The zero-order valence-electron chi connectivity index (χ0n) is 7.11. The van der Waals surface area contributed by atoms with Crippen molar-refractivity contribution in [2.75, 3.05) is 0 Å². The fourth-order valence-corrected chi connectivity index (χ4v) is 0.457. The monoisotopic (exact) mass is 168 g/mol. The van der Waals surface area contributed by atoms with Crippen LogP contribution in [-0.4, -0.2) is 16.0 Å². The van der Waals surface area contributed by atoms with Crippen molar-refractivity contribution >= 4 is 5.78 Å². The third-order valence-electron chi connectivity index (χ3n) is 1.31. The van der Waals surface area contributed by atoms with E-state index in [-0.39, 0.29) is 11.5 Å². The van der Waals surface area contributed by atoms with Crippen LogP contribution in [0.5, 0.6) is 0 Å². The first kappa shape index (κ1) is 10.5. The summed E-state index contributed by atoms with van der Waals surface area (Å²) in [4.78, 5) is 10.7. The Morgan fingerprint density at radius 3 is 2.17 bits per heavy atom. The van der Waals surface area contributed by atoms with Crippen LogP contribution in [0.25, 0.3) is 0 Å². The van der Waals surface area contributed by atoms with Crippen molar-refractivity contribution in [1.29, 1.82) is 0 Å². The molecule has 3 heteroatoms. The molecule has 66 valence electrons. The molecule has 0 saturated heterocycles. The van der Waals surface area contributed by atoms with Crippen molar-refractivity contribution in [2.24, 2.45) is 0 Å². The van der Waals surface area contributed by atoms with Gasteiger partial charge in [0.05, 0.1) is 12.0 Å². The van der Waals surface area contributed by atoms with E-state index in [4.69, 9.17) is 10.2 Å². The Balaban J connectivity index is 4.27. The van der Waals surface area contributed by atoms with Crippen LogP contribution in [0, 0.1) is 0 Å². The van der Waals surface area contributed by atoms with E-state index >= 15 is 0 Å². The zero-order valence-corrected chi connectivity index (χ0v) is 7.11. The van der Waals surface area contributed by atoms with Gasteiger partial charge in [0.1, 0.15) is 0 Å². The van der Waals surface area contributed by atoms with Gasteiger partial charge in [0.15, 0.2) is 5.78 Å². The number of hydrogen-bond acceptors (Lipinski definition) is 3. The minimum Gasteiger partial charge on any atom is -0.515 e. The number of rotatable bonds is 3. The molecular weight excluding hydrogens is 156 g/mol. The fraction of sp³-hybridized carbons (Fsp3) is 0.222. The number of carbonyl (C=O) groups excluding carboxylic acids is 1. The van der Waals surface area contributed by atoms with Crippen LogP contribution in [0.3, 0.4) is 0 Å². The normalized spacial score (nSPS) is 13.8. The van der Waals surface area contributed by atoms with Crippen molar-refractivity contribution in [3.8, 4) is 0 Å². The van der Waals surface area contributed by atoms with Gasteiger partial charge in [0.2, 0.25) is 0 Å². The predicted octanol–water partition coefficient (Wildman–Crippen LogP) is 2.04. The van der Waals surface area contributed by atoms with Crippen LogP contribution in [0.4, 0.5) is 0 Å². The van der Waals surface area contributed by atoms with Crippen LogP contribution in [-0.2, 0) is 4.79 Å². The lowest BCUT2D eigenvalue weighted by Gasteiger charge is -1.92. The van der Waals surface area contributed by atoms with E-state index in [1.807, 2.05) is 0 Å². The lowest BCUT2D eigenvalue weighted by atomic mass is 10.2. The molecule has 0 fully saturated rings. The summed E-state index contributed by atoms with van der Waals surface area (Å²) in [6.45, 7) is 3.22. The molecule has 3 nitrogen and oxygen atoms in total. The van der Waals surface area contributed by atoms with E-state index in [1.54, 1.807) is 6.92 Å². The van der Waals surface area contributed by atoms with Gasteiger partial charge in [-0.1, -0.05) is 6.08 Å². The summed E-state index contributed by atoms with van der Waals surface area (Å²) < 4.78 is 0. The molecule has 0 aromatic carbocycles. The second-order valence-corrected chi connectivity index (χ2v) is 2.32. The third kappa shape index (κ3) is 4.33. The number of aliphatic hydroxyl groups is 2. The van der Waals surface area contributed by atoms with Crippen molar-refractivity contribution in [3.05, 3.63) is 35.8 Å². The molecule has 2 N–H and O–H groups in total. The summed E-state index contributed by atoms with van der Waals surface area (Å²) in [5, 5.41) is 17.1. The molecule has 0 atom stereocenters. The molecule has 0 aliphatic carbocycles. The Labute approximate surface area is 71.3 Å². The van der Waals surface area contributed by atoms with E-state index < -0.39 is 0 Å². The largest absolute Gasteiger partial charge is 0.515 e. The average Bonchev–Trinajstić information content (AvgIpc) is 2.00. The van der Waals surface area contributed by atoms with Gasteiger partial charge in [-0.3, -0.25) is 4.79 Å². The molecule has 0 rings (SSSR count). The van der Waals surface area contributed by atoms with Crippen LogP contribution in [0.15, 0.2) is 35.8 Å². The lowest BCUT2D eigenvalue weighted by molar-refractivity contribution is -0.110. The summed E-state index contributed by atoms with van der Waals surface area (Å²) in [5.74, 6) is -0.148. The molecule has 0 amide bonds. The SMILES string of the molecule is CC(O)=C(C)C=CC(=O)/C=C/O. The Kier molecular flexibility index (Phi) is 4.53. The summed E-state index contributed by atoms with van der Waals surface area (Å²) in [6.07, 6.45) is 4.45. The van der Waals surface area contributed by atoms with Gasteiger partial charge in [-0.2, -0.15) is 0 Å². The molecule has 0 radical (unpaired) electrons. The first-order chi connectivity index (χ1) is 5.57. The van der Waals surface area contributed by atoms with Crippen LogP contribution < -0.4 is 0 Å². The Morgan fingerprint density at radius 1 is 1.17 bits per heavy atom. The fourth-order valence-electron chi connectivity index (χ4n) is 0.457.